The molecule has 3 rings (SSSR count). The highest BCUT2D eigenvalue weighted by Gasteiger charge is 2.17. The molecular weight excluding hydrogens is 313 g/mol. The van der Waals surface area contributed by atoms with E-state index in [1.165, 1.54) is 29.5 Å². The SMILES string of the molecule is Nc1c(C(=O)Nc2cc(Cl)ccc2F)sc2cnccc12. The van der Waals surface area contributed by atoms with Gasteiger partial charge < -0.3 is 11.1 Å². The van der Waals surface area contributed by atoms with Crippen molar-refractivity contribution in [1.29, 1.82) is 0 Å². The number of carbonyl (C=O) groups is 1. The second-order valence-electron chi connectivity index (χ2n) is 4.29. The number of hydrogen-bond donors (Lipinski definition) is 2. The van der Waals surface area contributed by atoms with Crippen molar-refractivity contribution >= 4 is 50.3 Å². The number of aromatic nitrogens is 1. The van der Waals surface area contributed by atoms with Gasteiger partial charge in [-0.25, -0.2) is 4.39 Å². The van der Waals surface area contributed by atoms with Gasteiger partial charge in [0.2, 0.25) is 0 Å². The first-order chi connectivity index (χ1) is 10.1. The van der Waals surface area contributed by atoms with Crippen LogP contribution in [0.2, 0.25) is 5.02 Å². The van der Waals surface area contributed by atoms with Gasteiger partial charge in [-0.05, 0) is 24.3 Å². The van der Waals surface area contributed by atoms with Crippen LogP contribution in [0.15, 0.2) is 36.7 Å². The molecule has 3 aromatic rings. The molecule has 106 valence electrons. The average molecular weight is 322 g/mol. The van der Waals surface area contributed by atoms with Crippen LogP contribution in [0.3, 0.4) is 0 Å². The Morgan fingerprint density at radius 3 is 2.95 bits per heavy atom. The van der Waals surface area contributed by atoms with Crippen molar-refractivity contribution < 1.29 is 9.18 Å². The van der Waals surface area contributed by atoms with Gasteiger partial charge in [0.25, 0.3) is 5.91 Å². The number of rotatable bonds is 2. The molecule has 0 radical (unpaired) electrons. The van der Waals surface area contributed by atoms with Crippen LogP contribution >= 0.6 is 22.9 Å². The van der Waals surface area contributed by atoms with Gasteiger partial charge in [0.1, 0.15) is 10.7 Å². The lowest BCUT2D eigenvalue weighted by Crippen LogP contribution is -2.13. The maximum Gasteiger partial charge on any atom is 0.267 e. The molecular formula is C14H9ClFN3OS. The number of nitrogens with zero attached hydrogens (tertiary/aromatic N) is 1. The number of benzene rings is 1. The molecule has 2 heterocycles. The van der Waals surface area contributed by atoms with Crippen LogP contribution in [0, 0.1) is 5.82 Å². The van der Waals surface area contributed by atoms with Gasteiger partial charge in [-0.2, -0.15) is 0 Å². The molecule has 7 heteroatoms. The molecule has 0 spiro atoms. The molecule has 0 fully saturated rings. The van der Waals surface area contributed by atoms with Crippen molar-refractivity contribution in [2.24, 2.45) is 0 Å². The number of amides is 1. The number of anilines is 2. The lowest BCUT2D eigenvalue weighted by molar-refractivity contribution is 0.103. The summed E-state index contributed by atoms with van der Waals surface area (Å²) in [6, 6.07) is 5.68. The molecule has 0 atom stereocenters. The van der Waals surface area contributed by atoms with Crippen molar-refractivity contribution in [1.82, 2.24) is 4.98 Å². The fourth-order valence-corrected chi connectivity index (χ4v) is 3.07. The zero-order valence-corrected chi connectivity index (χ0v) is 12.1. The van der Waals surface area contributed by atoms with Crippen LogP contribution in [-0.4, -0.2) is 10.9 Å². The zero-order chi connectivity index (χ0) is 15.0. The molecule has 0 saturated heterocycles. The Balaban J connectivity index is 1.97. The topological polar surface area (TPSA) is 68.0 Å². The molecule has 0 aliphatic carbocycles. The Kier molecular flexibility index (Phi) is 3.48. The smallest absolute Gasteiger partial charge is 0.267 e. The summed E-state index contributed by atoms with van der Waals surface area (Å²) in [7, 11) is 0. The lowest BCUT2D eigenvalue weighted by Gasteiger charge is -2.06. The van der Waals surface area contributed by atoms with E-state index in [0.29, 0.717) is 15.6 Å². The maximum absolute atomic E-state index is 13.6. The first-order valence-corrected chi connectivity index (χ1v) is 7.14. The third kappa shape index (κ3) is 2.55. The van der Waals surface area contributed by atoms with Crippen LogP contribution in [-0.2, 0) is 0 Å². The summed E-state index contributed by atoms with van der Waals surface area (Å²) in [4.78, 5) is 16.6. The summed E-state index contributed by atoms with van der Waals surface area (Å²) in [6.45, 7) is 0. The van der Waals surface area contributed by atoms with E-state index in [-0.39, 0.29) is 5.69 Å². The quantitative estimate of drug-likeness (QED) is 0.751. The Morgan fingerprint density at radius 2 is 2.19 bits per heavy atom. The normalized spacial score (nSPS) is 10.8. The molecule has 1 amide bonds. The number of halogens is 2. The van der Waals surface area contributed by atoms with Gasteiger partial charge in [-0.3, -0.25) is 9.78 Å². The predicted octanol–water partition coefficient (Wildman–Crippen LogP) is 3.92. The van der Waals surface area contributed by atoms with Gasteiger partial charge in [0.05, 0.1) is 16.1 Å². The molecule has 0 bridgehead atoms. The van der Waals surface area contributed by atoms with Gasteiger partial charge in [0, 0.05) is 22.8 Å². The molecule has 0 aliphatic rings. The third-order valence-corrected chi connectivity index (χ3v) is 4.30. The van der Waals surface area contributed by atoms with Crippen LogP contribution in [0.25, 0.3) is 10.1 Å². The van der Waals surface area contributed by atoms with E-state index in [2.05, 4.69) is 10.3 Å². The highest BCUT2D eigenvalue weighted by molar-refractivity contribution is 7.21. The lowest BCUT2D eigenvalue weighted by atomic mass is 10.2. The fraction of sp³-hybridized carbons (Fsp3) is 0. The fourth-order valence-electron chi connectivity index (χ4n) is 1.91. The van der Waals surface area contributed by atoms with Crippen molar-refractivity contribution in [3.63, 3.8) is 0 Å². The largest absolute Gasteiger partial charge is 0.397 e. The van der Waals surface area contributed by atoms with Crippen LogP contribution < -0.4 is 11.1 Å². The molecule has 0 unspecified atom stereocenters. The number of nitrogen functional groups attached to an aromatic ring is 1. The first-order valence-electron chi connectivity index (χ1n) is 5.94. The molecule has 0 aliphatic heterocycles. The highest BCUT2D eigenvalue weighted by atomic mass is 35.5. The maximum atomic E-state index is 13.6. The van der Waals surface area contributed by atoms with E-state index in [1.807, 2.05) is 0 Å². The van der Waals surface area contributed by atoms with E-state index < -0.39 is 11.7 Å². The Bertz CT molecular complexity index is 849. The second kappa shape index (κ2) is 5.31. The second-order valence-corrected chi connectivity index (χ2v) is 5.78. The van der Waals surface area contributed by atoms with Crippen LogP contribution in [0.1, 0.15) is 9.67 Å². The summed E-state index contributed by atoms with van der Waals surface area (Å²) >= 11 is 7.00. The first kappa shape index (κ1) is 13.8. The van der Waals surface area contributed by atoms with E-state index in [0.717, 1.165) is 10.1 Å². The van der Waals surface area contributed by atoms with Gasteiger partial charge in [-0.15, -0.1) is 11.3 Å². The molecule has 21 heavy (non-hydrogen) atoms. The number of nitrogens with two attached hydrogens (primary N) is 1. The Morgan fingerprint density at radius 1 is 1.38 bits per heavy atom. The van der Waals surface area contributed by atoms with Gasteiger partial charge in [-0.1, -0.05) is 11.6 Å². The number of nitrogens with one attached hydrogen (secondary N) is 1. The number of hydrogen-bond acceptors (Lipinski definition) is 4. The van der Waals surface area contributed by atoms with Crippen molar-refractivity contribution in [3.05, 3.63) is 52.4 Å². The number of thiophene rings is 1. The minimum atomic E-state index is -0.561. The zero-order valence-electron chi connectivity index (χ0n) is 10.6. The minimum absolute atomic E-state index is 0.0162. The highest BCUT2D eigenvalue weighted by Crippen LogP contribution is 2.33. The monoisotopic (exact) mass is 321 g/mol. The van der Waals surface area contributed by atoms with E-state index in [1.54, 1.807) is 18.5 Å². The Hall–Kier alpha value is -2.18. The molecule has 3 N–H and O–H groups in total. The molecule has 4 nitrogen and oxygen atoms in total. The minimum Gasteiger partial charge on any atom is -0.397 e. The van der Waals surface area contributed by atoms with Crippen molar-refractivity contribution in [3.8, 4) is 0 Å². The summed E-state index contributed by atoms with van der Waals surface area (Å²) < 4.78 is 14.4. The third-order valence-electron chi connectivity index (χ3n) is 2.91. The summed E-state index contributed by atoms with van der Waals surface area (Å²) in [6.07, 6.45) is 3.23. The average Bonchev–Trinajstić information content (AvgIpc) is 2.81. The van der Waals surface area contributed by atoms with Crippen LogP contribution in [0.4, 0.5) is 15.8 Å². The van der Waals surface area contributed by atoms with Gasteiger partial charge in [0.15, 0.2) is 0 Å². The summed E-state index contributed by atoms with van der Waals surface area (Å²) in [5.41, 5.74) is 6.34. The van der Waals surface area contributed by atoms with Crippen LogP contribution in [0.5, 0.6) is 0 Å². The van der Waals surface area contributed by atoms with E-state index >= 15 is 0 Å². The van der Waals surface area contributed by atoms with Crippen molar-refractivity contribution in [2.45, 2.75) is 0 Å². The molecule has 1 aromatic carbocycles. The summed E-state index contributed by atoms with van der Waals surface area (Å²) in [5.74, 6) is -1.04. The number of fused-ring (bicyclic) bond motifs is 1. The number of carbonyl (C=O) groups excluding carboxylic acids is 1. The summed E-state index contributed by atoms with van der Waals surface area (Å²) in [5, 5.41) is 3.57. The molecule has 0 saturated carbocycles. The van der Waals surface area contributed by atoms with E-state index in [9.17, 15) is 9.18 Å². The standard InChI is InChI=1S/C14H9ClFN3OS/c15-7-1-2-9(16)10(5-7)19-14(20)13-12(17)8-3-4-18-6-11(8)21-13/h1-6H,17H2,(H,19,20). The molecule has 2 aromatic heterocycles. The van der Waals surface area contributed by atoms with E-state index in [4.69, 9.17) is 17.3 Å². The van der Waals surface area contributed by atoms with Gasteiger partial charge >= 0.3 is 0 Å². The number of pyridine rings is 1. The Labute approximate surface area is 128 Å². The predicted molar refractivity (Wildman–Crippen MR) is 83.4 cm³/mol. The van der Waals surface area contributed by atoms with Crippen molar-refractivity contribution in [2.75, 3.05) is 11.1 Å².